The number of alkyl halides is 3. The number of halogens is 3. The molecule has 0 radical (unpaired) electrons. The molecule has 0 bridgehead atoms. The molecule has 1 aliphatic rings. The number of ether oxygens (including phenoxy) is 2. The number of nitrogens with zero attached hydrogens (tertiary/aromatic N) is 1. The zero-order chi connectivity index (χ0) is 16.2. The second-order valence-electron chi connectivity index (χ2n) is 5.31. The van der Waals surface area contributed by atoms with Gasteiger partial charge in [0.05, 0.1) is 31.0 Å². The summed E-state index contributed by atoms with van der Waals surface area (Å²) < 4.78 is 49.6. The van der Waals surface area contributed by atoms with E-state index in [4.69, 9.17) is 9.47 Å². The van der Waals surface area contributed by atoms with E-state index in [0.29, 0.717) is 26.2 Å². The summed E-state index contributed by atoms with van der Waals surface area (Å²) in [6.45, 7) is 1.76. The first-order chi connectivity index (χ1) is 10.4. The average molecular weight is 319 g/mol. The average Bonchev–Trinajstić information content (AvgIpc) is 2.47. The van der Waals surface area contributed by atoms with E-state index in [0.717, 1.165) is 6.07 Å². The topological polar surface area (TPSA) is 41.9 Å². The number of aliphatic hydroxyl groups excluding tert-OH is 1. The van der Waals surface area contributed by atoms with E-state index in [1.54, 1.807) is 6.07 Å². The minimum atomic E-state index is -4.40. The van der Waals surface area contributed by atoms with Gasteiger partial charge in [0.1, 0.15) is 0 Å². The molecule has 1 saturated heterocycles. The molecule has 0 spiro atoms. The fraction of sp³-hybridized carbons (Fsp3) is 0.600. The van der Waals surface area contributed by atoms with Crippen molar-refractivity contribution < 1.29 is 27.8 Å². The SMILES string of the molecule is COC[C@@H](O)CN1CCO[C@H](c2ccccc2C(F)(F)F)C1. The summed E-state index contributed by atoms with van der Waals surface area (Å²) in [5, 5.41) is 9.75. The Morgan fingerprint density at radius 2 is 2.14 bits per heavy atom. The molecule has 2 atom stereocenters. The third kappa shape index (κ3) is 4.42. The van der Waals surface area contributed by atoms with Crippen molar-refractivity contribution in [3.8, 4) is 0 Å². The van der Waals surface area contributed by atoms with Crippen LogP contribution in [0.2, 0.25) is 0 Å². The highest BCUT2D eigenvalue weighted by molar-refractivity contribution is 5.32. The van der Waals surface area contributed by atoms with Gasteiger partial charge in [0.25, 0.3) is 0 Å². The normalized spacial score (nSPS) is 21.8. The van der Waals surface area contributed by atoms with Crippen molar-refractivity contribution in [1.82, 2.24) is 4.90 Å². The number of benzene rings is 1. The second kappa shape index (κ2) is 7.41. The molecular weight excluding hydrogens is 299 g/mol. The van der Waals surface area contributed by atoms with Gasteiger partial charge in [0.15, 0.2) is 0 Å². The molecule has 0 aromatic heterocycles. The minimum Gasteiger partial charge on any atom is -0.389 e. The fourth-order valence-electron chi connectivity index (χ4n) is 2.64. The summed E-state index contributed by atoms with van der Waals surface area (Å²) in [6, 6.07) is 5.46. The van der Waals surface area contributed by atoms with Gasteiger partial charge in [0.2, 0.25) is 0 Å². The van der Waals surface area contributed by atoms with Crippen molar-refractivity contribution in [1.29, 1.82) is 0 Å². The van der Waals surface area contributed by atoms with Crippen molar-refractivity contribution in [3.63, 3.8) is 0 Å². The number of morpholine rings is 1. The summed E-state index contributed by atoms with van der Waals surface area (Å²) in [6.07, 6.45) is -5.72. The zero-order valence-corrected chi connectivity index (χ0v) is 12.3. The van der Waals surface area contributed by atoms with E-state index in [9.17, 15) is 18.3 Å². The van der Waals surface area contributed by atoms with Gasteiger partial charge in [-0.25, -0.2) is 0 Å². The molecule has 1 aromatic rings. The third-order valence-electron chi connectivity index (χ3n) is 3.59. The summed E-state index contributed by atoms with van der Waals surface area (Å²) in [5.74, 6) is 0. The van der Waals surface area contributed by atoms with Crippen LogP contribution in [0.1, 0.15) is 17.2 Å². The molecule has 22 heavy (non-hydrogen) atoms. The number of rotatable bonds is 5. The molecule has 1 aromatic carbocycles. The lowest BCUT2D eigenvalue weighted by Gasteiger charge is -2.35. The van der Waals surface area contributed by atoms with Crippen molar-refractivity contribution in [2.75, 3.05) is 40.0 Å². The van der Waals surface area contributed by atoms with E-state index in [1.807, 2.05) is 4.90 Å². The molecule has 0 saturated carbocycles. The quantitative estimate of drug-likeness (QED) is 0.902. The Kier molecular flexibility index (Phi) is 5.80. The summed E-state index contributed by atoms with van der Waals surface area (Å²) in [4.78, 5) is 1.89. The molecule has 4 nitrogen and oxygen atoms in total. The number of methoxy groups -OCH3 is 1. The van der Waals surface area contributed by atoms with Crippen molar-refractivity contribution in [2.45, 2.75) is 18.4 Å². The van der Waals surface area contributed by atoms with Crippen LogP contribution < -0.4 is 0 Å². The Morgan fingerprint density at radius 3 is 2.82 bits per heavy atom. The third-order valence-corrected chi connectivity index (χ3v) is 3.59. The molecule has 0 unspecified atom stereocenters. The molecule has 1 fully saturated rings. The maximum Gasteiger partial charge on any atom is 0.416 e. The van der Waals surface area contributed by atoms with E-state index >= 15 is 0 Å². The standard InChI is InChI=1S/C15H20F3NO3/c1-21-10-11(20)8-19-6-7-22-14(9-19)12-4-2-3-5-13(12)15(16,17)18/h2-5,11,14,20H,6-10H2,1H3/t11-,14-/m0/s1. The molecule has 0 amide bonds. The van der Waals surface area contributed by atoms with Crippen LogP contribution in [0.4, 0.5) is 13.2 Å². The first-order valence-electron chi connectivity index (χ1n) is 7.09. The molecule has 124 valence electrons. The Morgan fingerprint density at radius 1 is 1.41 bits per heavy atom. The van der Waals surface area contributed by atoms with E-state index in [1.165, 1.54) is 19.2 Å². The van der Waals surface area contributed by atoms with Crippen LogP contribution in [0.5, 0.6) is 0 Å². The predicted octanol–water partition coefficient (Wildman–Crippen LogP) is 2.09. The van der Waals surface area contributed by atoms with Crippen molar-refractivity contribution >= 4 is 0 Å². The van der Waals surface area contributed by atoms with Gasteiger partial charge in [-0.3, -0.25) is 4.90 Å². The lowest BCUT2D eigenvalue weighted by atomic mass is 10.0. The maximum absolute atomic E-state index is 13.1. The van der Waals surface area contributed by atoms with Gasteiger partial charge in [-0.15, -0.1) is 0 Å². The molecule has 7 heteroatoms. The molecule has 1 N–H and O–H groups in total. The lowest BCUT2D eigenvalue weighted by molar-refractivity contribution is -0.140. The summed E-state index contributed by atoms with van der Waals surface area (Å²) >= 11 is 0. The Bertz CT molecular complexity index is 481. The van der Waals surface area contributed by atoms with Gasteiger partial charge in [-0.1, -0.05) is 18.2 Å². The predicted molar refractivity (Wildman–Crippen MR) is 74.5 cm³/mol. The van der Waals surface area contributed by atoms with Gasteiger partial charge < -0.3 is 14.6 Å². The van der Waals surface area contributed by atoms with Gasteiger partial charge in [0, 0.05) is 26.7 Å². The zero-order valence-electron chi connectivity index (χ0n) is 12.3. The maximum atomic E-state index is 13.1. The van der Waals surface area contributed by atoms with Crippen LogP contribution in [0.15, 0.2) is 24.3 Å². The highest BCUT2D eigenvalue weighted by Gasteiger charge is 2.36. The van der Waals surface area contributed by atoms with E-state index < -0.39 is 23.9 Å². The molecule has 1 heterocycles. The van der Waals surface area contributed by atoms with Crippen LogP contribution in [-0.2, 0) is 15.7 Å². The Hall–Kier alpha value is -1.15. The van der Waals surface area contributed by atoms with E-state index in [-0.39, 0.29) is 12.2 Å². The smallest absolute Gasteiger partial charge is 0.389 e. The highest BCUT2D eigenvalue weighted by Crippen LogP contribution is 2.36. The first-order valence-corrected chi connectivity index (χ1v) is 7.09. The Labute approximate surface area is 127 Å². The van der Waals surface area contributed by atoms with Gasteiger partial charge in [-0.05, 0) is 11.6 Å². The van der Waals surface area contributed by atoms with Crippen molar-refractivity contribution in [3.05, 3.63) is 35.4 Å². The number of aliphatic hydroxyl groups is 1. The lowest BCUT2D eigenvalue weighted by Crippen LogP contribution is -2.43. The van der Waals surface area contributed by atoms with Crippen LogP contribution in [0, 0.1) is 0 Å². The Balaban J connectivity index is 2.10. The van der Waals surface area contributed by atoms with Crippen LogP contribution in [0.25, 0.3) is 0 Å². The number of hydrogen-bond acceptors (Lipinski definition) is 4. The molecule has 2 rings (SSSR count). The highest BCUT2D eigenvalue weighted by atomic mass is 19.4. The van der Waals surface area contributed by atoms with Crippen molar-refractivity contribution in [2.24, 2.45) is 0 Å². The van der Waals surface area contributed by atoms with Crippen LogP contribution >= 0.6 is 0 Å². The number of β-amino-alcohol motifs (C(OH)–C–C–N with tert-alkyl or cyclic N) is 1. The molecule has 1 aliphatic heterocycles. The summed E-state index contributed by atoms with van der Waals surface area (Å²) in [5.41, 5.74) is -0.528. The first kappa shape index (κ1) is 17.2. The van der Waals surface area contributed by atoms with Gasteiger partial charge in [-0.2, -0.15) is 13.2 Å². The minimum absolute atomic E-state index is 0.140. The monoisotopic (exact) mass is 319 g/mol. The molecular formula is C15H20F3NO3. The molecule has 0 aliphatic carbocycles. The van der Waals surface area contributed by atoms with E-state index in [2.05, 4.69) is 0 Å². The van der Waals surface area contributed by atoms with Crippen LogP contribution in [0.3, 0.4) is 0 Å². The second-order valence-corrected chi connectivity index (χ2v) is 5.31. The number of hydrogen-bond donors (Lipinski definition) is 1. The van der Waals surface area contributed by atoms with Crippen LogP contribution in [-0.4, -0.2) is 56.1 Å². The largest absolute Gasteiger partial charge is 0.416 e. The fourth-order valence-corrected chi connectivity index (χ4v) is 2.64. The van der Waals surface area contributed by atoms with Gasteiger partial charge >= 0.3 is 6.18 Å². The summed E-state index contributed by atoms with van der Waals surface area (Å²) in [7, 11) is 1.49.